The maximum Gasteiger partial charge on any atom is 0.273 e. The Morgan fingerprint density at radius 1 is 1.24 bits per heavy atom. The van der Waals surface area contributed by atoms with Crippen LogP contribution < -0.4 is 5.32 Å². The van der Waals surface area contributed by atoms with E-state index in [2.05, 4.69) is 31.2 Å². The van der Waals surface area contributed by atoms with E-state index in [-0.39, 0.29) is 11.3 Å². The van der Waals surface area contributed by atoms with Crippen LogP contribution in [0.2, 0.25) is 0 Å². The molecule has 0 aromatic carbocycles. The molecule has 1 rings (SSSR count). The van der Waals surface area contributed by atoms with E-state index in [1.165, 1.54) is 12.8 Å². The quantitative estimate of drug-likeness (QED) is 0.740. The van der Waals surface area contributed by atoms with Gasteiger partial charge in [0, 0.05) is 18.5 Å². The summed E-state index contributed by atoms with van der Waals surface area (Å²) < 4.78 is 5.20. The van der Waals surface area contributed by atoms with Crippen LogP contribution in [0.4, 0.5) is 0 Å². The lowest BCUT2D eigenvalue weighted by Crippen LogP contribution is -2.37. The molecule has 0 radical (unpaired) electrons. The van der Waals surface area contributed by atoms with Gasteiger partial charge >= 0.3 is 0 Å². The minimum absolute atomic E-state index is 0.112. The van der Waals surface area contributed by atoms with Gasteiger partial charge in [0.15, 0.2) is 5.69 Å². The molecule has 120 valence electrons. The molecule has 0 bridgehead atoms. The van der Waals surface area contributed by atoms with Crippen molar-refractivity contribution in [1.29, 1.82) is 0 Å². The van der Waals surface area contributed by atoms with Crippen molar-refractivity contribution in [3.8, 4) is 0 Å². The Morgan fingerprint density at radius 3 is 2.38 bits per heavy atom. The number of carbonyl (C=O) groups excluding carboxylic acids is 1. The van der Waals surface area contributed by atoms with Gasteiger partial charge in [0.1, 0.15) is 5.76 Å². The number of aromatic nitrogens is 1. The molecule has 0 saturated carbocycles. The van der Waals surface area contributed by atoms with E-state index in [4.69, 9.17) is 4.52 Å². The number of hydrogen-bond donors (Lipinski definition) is 1. The van der Waals surface area contributed by atoms with E-state index in [1.807, 2.05) is 13.8 Å². The highest BCUT2D eigenvalue weighted by molar-refractivity contribution is 5.93. The van der Waals surface area contributed by atoms with E-state index >= 15 is 0 Å². The van der Waals surface area contributed by atoms with Gasteiger partial charge in [-0.15, -0.1) is 0 Å². The molecule has 0 spiro atoms. The van der Waals surface area contributed by atoms with Gasteiger partial charge in [-0.2, -0.15) is 0 Å². The van der Waals surface area contributed by atoms with E-state index < -0.39 is 0 Å². The average molecular weight is 294 g/mol. The highest BCUT2D eigenvalue weighted by Crippen LogP contribution is 2.32. The lowest BCUT2D eigenvalue weighted by Gasteiger charge is -2.32. The Bertz CT molecular complexity index is 448. The highest BCUT2D eigenvalue weighted by Gasteiger charge is 2.27. The van der Waals surface area contributed by atoms with E-state index in [0.29, 0.717) is 12.2 Å². The SMILES string of the molecule is CCCCC(CC)(CC)CNC(=O)c1noc(CC)c1C. The first-order valence-electron chi connectivity index (χ1n) is 8.26. The average Bonchev–Trinajstić information content (AvgIpc) is 2.89. The molecule has 1 N–H and O–H groups in total. The number of hydrogen-bond acceptors (Lipinski definition) is 3. The van der Waals surface area contributed by atoms with Crippen molar-refractivity contribution >= 4 is 5.91 Å². The first-order valence-corrected chi connectivity index (χ1v) is 8.26. The molecule has 21 heavy (non-hydrogen) atoms. The summed E-state index contributed by atoms with van der Waals surface area (Å²) in [6.45, 7) is 11.2. The maximum atomic E-state index is 12.3. The fraction of sp³-hybridized carbons (Fsp3) is 0.765. The van der Waals surface area contributed by atoms with Gasteiger partial charge in [-0.25, -0.2) is 0 Å². The number of aryl methyl sites for hydroxylation is 1. The summed E-state index contributed by atoms with van der Waals surface area (Å²) in [5.41, 5.74) is 1.50. The Balaban J connectivity index is 2.70. The third-order valence-corrected chi connectivity index (χ3v) is 4.74. The molecule has 0 atom stereocenters. The molecule has 0 unspecified atom stereocenters. The summed E-state index contributed by atoms with van der Waals surface area (Å²) in [6.07, 6.45) is 6.49. The monoisotopic (exact) mass is 294 g/mol. The summed E-state index contributed by atoms with van der Waals surface area (Å²) >= 11 is 0. The van der Waals surface area contributed by atoms with Gasteiger partial charge in [-0.05, 0) is 31.6 Å². The third kappa shape index (κ3) is 4.32. The van der Waals surface area contributed by atoms with Crippen LogP contribution in [0.25, 0.3) is 0 Å². The molecule has 4 heteroatoms. The van der Waals surface area contributed by atoms with Crippen LogP contribution in [0.5, 0.6) is 0 Å². The summed E-state index contributed by atoms with van der Waals surface area (Å²) in [7, 11) is 0. The zero-order valence-corrected chi connectivity index (χ0v) is 14.2. The van der Waals surface area contributed by atoms with Crippen LogP contribution in [0.1, 0.15) is 81.6 Å². The van der Waals surface area contributed by atoms with Crippen molar-refractivity contribution in [3.05, 3.63) is 17.0 Å². The van der Waals surface area contributed by atoms with Crippen LogP contribution in [-0.2, 0) is 6.42 Å². The van der Waals surface area contributed by atoms with Gasteiger partial charge in [-0.3, -0.25) is 4.79 Å². The van der Waals surface area contributed by atoms with Gasteiger partial charge in [0.2, 0.25) is 0 Å². The summed E-state index contributed by atoms with van der Waals surface area (Å²) in [5, 5.41) is 6.98. The fourth-order valence-electron chi connectivity index (χ4n) is 2.76. The van der Waals surface area contributed by atoms with Crippen LogP contribution in [0.3, 0.4) is 0 Å². The molecule has 0 saturated heterocycles. The number of unbranched alkanes of at least 4 members (excludes halogenated alkanes) is 1. The Labute approximate surface area is 128 Å². The molecule has 0 fully saturated rings. The predicted octanol–water partition coefficient (Wildman–Crippen LogP) is 4.27. The summed E-state index contributed by atoms with van der Waals surface area (Å²) in [6, 6.07) is 0. The number of nitrogens with zero attached hydrogens (tertiary/aromatic N) is 1. The molecule has 0 aliphatic rings. The lowest BCUT2D eigenvalue weighted by molar-refractivity contribution is 0.0911. The van der Waals surface area contributed by atoms with E-state index in [0.717, 1.165) is 37.0 Å². The second-order valence-electron chi connectivity index (χ2n) is 5.93. The summed E-state index contributed by atoms with van der Waals surface area (Å²) in [4.78, 5) is 12.3. The van der Waals surface area contributed by atoms with Crippen molar-refractivity contribution in [1.82, 2.24) is 10.5 Å². The summed E-state index contributed by atoms with van der Waals surface area (Å²) in [5.74, 6) is 0.683. The van der Waals surface area contributed by atoms with E-state index in [1.54, 1.807) is 0 Å². The van der Waals surface area contributed by atoms with Crippen molar-refractivity contribution in [2.45, 2.75) is 73.1 Å². The van der Waals surface area contributed by atoms with Crippen molar-refractivity contribution in [3.63, 3.8) is 0 Å². The van der Waals surface area contributed by atoms with Crippen molar-refractivity contribution in [2.75, 3.05) is 6.54 Å². The van der Waals surface area contributed by atoms with Crippen LogP contribution >= 0.6 is 0 Å². The first-order chi connectivity index (χ1) is 10.0. The van der Waals surface area contributed by atoms with E-state index in [9.17, 15) is 4.79 Å². The Morgan fingerprint density at radius 2 is 1.90 bits per heavy atom. The molecule has 1 aromatic heterocycles. The highest BCUT2D eigenvalue weighted by atomic mass is 16.5. The van der Waals surface area contributed by atoms with Crippen LogP contribution in [0, 0.1) is 12.3 Å². The zero-order chi connectivity index (χ0) is 15.9. The van der Waals surface area contributed by atoms with Gasteiger partial charge in [-0.1, -0.05) is 45.7 Å². The molecule has 1 heterocycles. The number of amides is 1. The zero-order valence-electron chi connectivity index (χ0n) is 14.2. The molecule has 0 aliphatic carbocycles. The van der Waals surface area contributed by atoms with Crippen LogP contribution in [-0.4, -0.2) is 17.6 Å². The lowest BCUT2D eigenvalue weighted by atomic mass is 9.78. The van der Waals surface area contributed by atoms with Crippen LogP contribution in [0.15, 0.2) is 4.52 Å². The fourth-order valence-corrected chi connectivity index (χ4v) is 2.76. The molecule has 4 nitrogen and oxygen atoms in total. The topological polar surface area (TPSA) is 55.1 Å². The molecular weight excluding hydrogens is 264 g/mol. The van der Waals surface area contributed by atoms with Crippen molar-refractivity contribution in [2.24, 2.45) is 5.41 Å². The minimum Gasteiger partial charge on any atom is -0.360 e. The largest absolute Gasteiger partial charge is 0.360 e. The Hall–Kier alpha value is -1.32. The molecule has 0 aliphatic heterocycles. The third-order valence-electron chi connectivity index (χ3n) is 4.74. The standard InChI is InChI=1S/C17H30N2O2/c1-6-10-11-17(8-3,9-4)12-18-16(20)15-13(5)14(7-2)21-19-15/h6-12H2,1-5H3,(H,18,20). The molecule has 1 aromatic rings. The van der Waals surface area contributed by atoms with Crippen molar-refractivity contribution < 1.29 is 9.32 Å². The smallest absolute Gasteiger partial charge is 0.273 e. The Kier molecular flexibility index (Phi) is 6.93. The number of rotatable bonds is 9. The molecular formula is C17H30N2O2. The first kappa shape index (κ1) is 17.7. The predicted molar refractivity (Wildman–Crippen MR) is 85.5 cm³/mol. The van der Waals surface area contributed by atoms with Gasteiger partial charge < -0.3 is 9.84 Å². The minimum atomic E-state index is -0.112. The maximum absolute atomic E-state index is 12.3. The molecule has 1 amide bonds. The normalized spacial score (nSPS) is 11.7. The second kappa shape index (κ2) is 8.20. The van der Waals surface area contributed by atoms with Gasteiger partial charge in [0.05, 0.1) is 0 Å². The van der Waals surface area contributed by atoms with Gasteiger partial charge in [0.25, 0.3) is 5.91 Å². The number of nitrogens with one attached hydrogen (secondary N) is 1. The second-order valence-corrected chi connectivity index (χ2v) is 5.93. The number of carbonyl (C=O) groups is 1.